The first-order valence-corrected chi connectivity index (χ1v) is 9.27. The van der Waals surface area contributed by atoms with Crippen LogP contribution in [-0.2, 0) is 22.4 Å². The number of carbonyl (C=O) groups excluding carboxylic acids is 1. The summed E-state index contributed by atoms with van der Waals surface area (Å²) in [7, 11) is 0. The lowest BCUT2D eigenvalue weighted by molar-refractivity contribution is -0.143. The lowest BCUT2D eigenvalue weighted by Gasteiger charge is -2.05. The molecule has 0 saturated carbocycles. The number of hydrogen-bond donors (Lipinski definition) is 2. The number of halogens is 2. The lowest BCUT2D eigenvalue weighted by Crippen LogP contribution is -2.07. The SMILES string of the molecule is O=C(CCc1c[nH]c2ccc(F)cc12)OCCCc1c[nH]c2ccc(F)cc12. The van der Waals surface area contributed by atoms with Crippen LogP contribution in [0.3, 0.4) is 0 Å². The van der Waals surface area contributed by atoms with Crippen LogP contribution in [0.4, 0.5) is 8.78 Å². The van der Waals surface area contributed by atoms with Crippen molar-refractivity contribution in [1.82, 2.24) is 9.97 Å². The van der Waals surface area contributed by atoms with Gasteiger partial charge in [0.25, 0.3) is 0 Å². The van der Waals surface area contributed by atoms with Crippen molar-refractivity contribution in [3.63, 3.8) is 0 Å². The van der Waals surface area contributed by atoms with Crippen LogP contribution in [0.1, 0.15) is 24.0 Å². The number of fused-ring (bicyclic) bond motifs is 2. The highest BCUT2D eigenvalue weighted by Crippen LogP contribution is 2.22. The normalized spacial score (nSPS) is 11.4. The molecule has 0 radical (unpaired) electrons. The Balaban J connectivity index is 1.25. The van der Waals surface area contributed by atoms with Gasteiger partial charge >= 0.3 is 5.97 Å². The van der Waals surface area contributed by atoms with Crippen molar-refractivity contribution < 1.29 is 18.3 Å². The first kappa shape index (κ1) is 18.2. The number of rotatable bonds is 7. The maximum absolute atomic E-state index is 13.4. The van der Waals surface area contributed by atoms with E-state index in [1.165, 1.54) is 24.3 Å². The Morgan fingerprint density at radius 2 is 1.43 bits per heavy atom. The van der Waals surface area contributed by atoms with E-state index in [0.29, 0.717) is 25.9 Å². The van der Waals surface area contributed by atoms with E-state index in [-0.39, 0.29) is 24.0 Å². The molecule has 2 aromatic carbocycles. The minimum atomic E-state index is -0.298. The largest absolute Gasteiger partial charge is 0.466 e. The zero-order chi connectivity index (χ0) is 19.5. The molecule has 0 unspecified atom stereocenters. The standard InChI is InChI=1S/C22H20F2N2O2/c23-16-4-6-20-18(10-16)14(12-25-20)2-1-9-28-22(27)8-3-15-13-26-21-7-5-17(24)11-19(15)21/h4-7,10-13,25-26H,1-3,8-9H2. The van der Waals surface area contributed by atoms with Crippen LogP contribution in [0.15, 0.2) is 48.8 Å². The zero-order valence-electron chi connectivity index (χ0n) is 15.2. The molecule has 0 atom stereocenters. The van der Waals surface area contributed by atoms with Gasteiger partial charge in [-0.15, -0.1) is 0 Å². The Morgan fingerprint density at radius 3 is 2.04 bits per heavy atom. The Kier molecular flexibility index (Phi) is 5.10. The quantitative estimate of drug-likeness (QED) is 0.348. The molecule has 144 valence electrons. The fourth-order valence-electron chi connectivity index (χ4n) is 3.47. The van der Waals surface area contributed by atoms with Crippen molar-refractivity contribution in [3.05, 3.63) is 71.6 Å². The summed E-state index contributed by atoms with van der Waals surface area (Å²) in [6.45, 7) is 0.309. The van der Waals surface area contributed by atoms with Crippen LogP contribution >= 0.6 is 0 Å². The molecule has 4 rings (SSSR count). The van der Waals surface area contributed by atoms with Crippen LogP contribution < -0.4 is 0 Å². The highest BCUT2D eigenvalue weighted by atomic mass is 19.1. The molecule has 4 aromatic rings. The van der Waals surface area contributed by atoms with Crippen LogP contribution in [0.25, 0.3) is 21.8 Å². The Morgan fingerprint density at radius 1 is 0.857 bits per heavy atom. The van der Waals surface area contributed by atoms with Crippen molar-refractivity contribution in [2.45, 2.75) is 25.7 Å². The van der Waals surface area contributed by atoms with Gasteiger partial charge in [0.1, 0.15) is 11.6 Å². The molecule has 0 aliphatic heterocycles. The predicted molar refractivity (Wildman–Crippen MR) is 104 cm³/mol. The zero-order valence-corrected chi connectivity index (χ0v) is 15.2. The fraction of sp³-hybridized carbons (Fsp3) is 0.227. The molecule has 0 fully saturated rings. The van der Waals surface area contributed by atoms with Gasteiger partial charge in [0.2, 0.25) is 0 Å². The summed E-state index contributed by atoms with van der Waals surface area (Å²) in [6, 6.07) is 9.20. The number of aromatic amines is 2. The molecule has 0 spiro atoms. The summed E-state index contributed by atoms with van der Waals surface area (Å²) in [5.74, 6) is -0.847. The van der Waals surface area contributed by atoms with Gasteiger partial charge in [-0.05, 0) is 66.8 Å². The molecule has 0 aliphatic carbocycles. The van der Waals surface area contributed by atoms with E-state index in [2.05, 4.69) is 9.97 Å². The maximum Gasteiger partial charge on any atom is 0.306 e. The molecule has 0 saturated heterocycles. The molecular formula is C22H20F2N2O2. The number of aryl methyl sites for hydroxylation is 2. The maximum atomic E-state index is 13.4. The lowest BCUT2D eigenvalue weighted by atomic mass is 10.1. The molecule has 28 heavy (non-hydrogen) atoms. The number of carbonyl (C=O) groups is 1. The van der Waals surface area contributed by atoms with Crippen molar-refractivity contribution >= 4 is 27.8 Å². The van der Waals surface area contributed by atoms with Crippen LogP contribution in [0.5, 0.6) is 0 Å². The van der Waals surface area contributed by atoms with E-state index in [0.717, 1.165) is 32.9 Å². The summed E-state index contributed by atoms with van der Waals surface area (Å²) in [5.41, 5.74) is 3.64. The minimum Gasteiger partial charge on any atom is -0.466 e. The summed E-state index contributed by atoms with van der Waals surface area (Å²) in [6.07, 6.45) is 5.74. The van der Waals surface area contributed by atoms with Gasteiger partial charge in [-0.2, -0.15) is 0 Å². The second-order valence-corrected chi connectivity index (χ2v) is 6.83. The number of nitrogens with one attached hydrogen (secondary N) is 2. The van der Waals surface area contributed by atoms with E-state index < -0.39 is 0 Å². The Hall–Kier alpha value is -3.15. The third-order valence-corrected chi connectivity index (χ3v) is 4.91. The number of ether oxygens (including phenoxy) is 1. The summed E-state index contributed by atoms with van der Waals surface area (Å²) < 4.78 is 32.1. The minimum absolute atomic E-state index is 0.238. The summed E-state index contributed by atoms with van der Waals surface area (Å²) >= 11 is 0. The predicted octanol–water partition coefficient (Wildman–Crippen LogP) is 5.04. The van der Waals surface area contributed by atoms with Crippen LogP contribution in [-0.4, -0.2) is 22.5 Å². The van der Waals surface area contributed by atoms with E-state index in [1.54, 1.807) is 18.3 Å². The van der Waals surface area contributed by atoms with Gasteiger partial charge in [0.05, 0.1) is 6.61 Å². The highest BCUT2D eigenvalue weighted by Gasteiger charge is 2.10. The van der Waals surface area contributed by atoms with Gasteiger partial charge in [0, 0.05) is 40.6 Å². The molecule has 0 amide bonds. The molecule has 0 aliphatic rings. The van der Waals surface area contributed by atoms with Gasteiger partial charge < -0.3 is 14.7 Å². The van der Waals surface area contributed by atoms with E-state index in [1.807, 2.05) is 6.20 Å². The van der Waals surface area contributed by atoms with E-state index >= 15 is 0 Å². The number of H-pyrrole nitrogens is 2. The molecule has 4 nitrogen and oxygen atoms in total. The third kappa shape index (κ3) is 3.91. The molecular weight excluding hydrogens is 362 g/mol. The topological polar surface area (TPSA) is 57.9 Å². The van der Waals surface area contributed by atoms with Crippen molar-refractivity contribution in [2.75, 3.05) is 6.61 Å². The number of aromatic nitrogens is 2. The van der Waals surface area contributed by atoms with Gasteiger partial charge in [-0.25, -0.2) is 8.78 Å². The second kappa shape index (κ2) is 7.84. The van der Waals surface area contributed by atoms with Crippen molar-refractivity contribution in [1.29, 1.82) is 0 Å². The second-order valence-electron chi connectivity index (χ2n) is 6.83. The molecule has 6 heteroatoms. The monoisotopic (exact) mass is 382 g/mol. The Bertz CT molecular complexity index is 1130. The summed E-state index contributed by atoms with van der Waals surface area (Å²) in [5, 5.41) is 1.65. The number of benzene rings is 2. The van der Waals surface area contributed by atoms with Crippen LogP contribution in [0.2, 0.25) is 0 Å². The number of hydrogen-bond acceptors (Lipinski definition) is 2. The average Bonchev–Trinajstić information content (AvgIpc) is 3.27. The Labute approximate surface area is 160 Å². The average molecular weight is 382 g/mol. The van der Waals surface area contributed by atoms with Crippen molar-refractivity contribution in [3.8, 4) is 0 Å². The first-order chi connectivity index (χ1) is 13.6. The van der Waals surface area contributed by atoms with E-state index in [9.17, 15) is 13.6 Å². The van der Waals surface area contributed by atoms with Crippen molar-refractivity contribution in [2.24, 2.45) is 0 Å². The highest BCUT2D eigenvalue weighted by molar-refractivity contribution is 5.84. The fourth-order valence-corrected chi connectivity index (χ4v) is 3.47. The van der Waals surface area contributed by atoms with Gasteiger partial charge in [0.15, 0.2) is 0 Å². The van der Waals surface area contributed by atoms with Gasteiger partial charge in [-0.1, -0.05) is 0 Å². The molecule has 2 N–H and O–H groups in total. The first-order valence-electron chi connectivity index (χ1n) is 9.27. The summed E-state index contributed by atoms with van der Waals surface area (Å²) in [4.78, 5) is 18.2. The number of esters is 1. The molecule has 2 heterocycles. The third-order valence-electron chi connectivity index (χ3n) is 4.91. The smallest absolute Gasteiger partial charge is 0.306 e. The molecule has 2 aromatic heterocycles. The molecule has 0 bridgehead atoms. The van der Waals surface area contributed by atoms with Crippen LogP contribution in [0, 0.1) is 11.6 Å². The van der Waals surface area contributed by atoms with E-state index in [4.69, 9.17) is 4.74 Å². The van der Waals surface area contributed by atoms with Gasteiger partial charge in [-0.3, -0.25) is 4.79 Å².